The number of thiophene rings is 1. The Morgan fingerprint density at radius 1 is 1.62 bits per heavy atom. The van der Waals surface area contributed by atoms with Crippen molar-refractivity contribution in [2.24, 2.45) is 5.92 Å². The summed E-state index contributed by atoms with van der Waals surface area (Å²) in [6.45, 7) is 6.95. The topological polar surface area (TPSA) is 15.3 Å². The van der Waals surface area contributed by atoms with Gasteiger partial charge in [0.1, 0.15) is 0 Å². The Hall–Kier alpha value is 0.1000. The van der Waals surface area contributed by atoms with Gasteiger partial charge >= 0.3 is 0 Å². The maximum atomic E-state index is 3.58. The Morgan fingerprint density at radius 2 is 2.44 bits per heavy atom. The van der Waals surface area contributed by atoms with Crippen LogP contribution in [0.5, 0.6) is 0 Å². The fourth-order valence-corrected chi connectivity index (χ4v) is 3.97. The molecular weight excluding hydrogens is 284 g/mol. The van der Waals surface area contributed by atoms with E-state index in [0.717, 1.165) is 19.0 Å². The van der Waals surface area contributed by atoms with Crippen LogP contribution in [0.3, 0.4) is 0 Å². The van der Waals surface area contributed by atoms with E-state index in [4.69, 9.17) is 0 Å². The first kappa shape index (κ1) is 12.6. The van der Waals surface area contributed by atoms with E-state index in [1.807, 2.05) is 18.4 Å². The molecule has 2 heterocycles. The lowest BCUT2D eigenvalue weighted by Gasteiger charge is -2.14. The second kappa shape index (κ2) is 5.63. The summed E-state index contributed by atoms with van der Waals surface area (Å²) in [4.78, 5) is 5.44. The quantitative estimate of drug-likeness (QED) is 0.920. The maximum Gasteiger partial charge on any atom is 0.0328 e. The van der Waals surface area contributed by atoms with Crippen molar-refractivity contribution >= 4 is 27.3 Å². The van der Waals surface area contributed by atoms with E-state index < -0.39 is 0 Å². The Labute approximate surface area is 110 Å². The fourth-order valence-electron chi connectivity index (χ4n) is 2.33. The van der Waals surface area contributed by atoms with Gasteiger partial charge in [-0.25, -0.2) is 0 Å². The van der Waals surface area contributed by atoms with Crippen LogP contribution < -0.4 is 5.32 Å². The lowest BCUT2D eigenvalue weighted by molar-refractivity contribution is 0.318. The molecule has 0 aliphatic carbocycles. The van der Waals surface area contributed by atoms with E-state index in [1.54, 1.807) is 0 Å². The molecule has 2 rings (SSSR count). The van der Waals surface area contributed by atoms with Gasteiger partial charge in [-0.2, -0.15) is 0 Å². The van der Waals surface area contributed by atoms with Crippen LogP contribution in [0.1, 0.15) is 16.2 Å². The molecule has 1 aromatic heterocycles. The van der Waals surface area contributed by atoms with Gasteiger partial charge in [-0.1, -0.05) is 0 Å². The third-order valence-electron chi connectivity index (χ3n) is 3.15. The minimum Gasteiger partial charge on any atom is -0.319 e. The second-order valence-electron chi connectivity index (χ2n) is 4.56. The minimum absolute atomic E-state index is 0.842. The van der Waals surface area contributed by atoms with Gasteiger partial charge in [0.25, 0.3) is 0 Å². The molecule has 1 unspecified atom stereocenters. The molecule has 16 heavy (non-hydrogen) atoms. The van der Waals surface area contributed by atoms with Crippen LogP contribution in [0.4, 0.5) is 0 Å². The van der Waals surface area contributed by atoms with E-state index in [2.05, 4.69) is 39.1 Å². The van der Waals surface area contributed by atoms with Gasteiger partial charge in [0, 0.05) is 27.3 Å². The van der Waals surface area contributed by atoms with Gasteiger partial charge in [-0.3, -0.25) is 4.90 Å². The summed E-state index contributed by atoms with van der Waals surface area (Å²) in [6, 6.07) is 2.27. The monoisotopic (exact) mass is 302 g/mol. The smallest absolute Gasteiger partial charge is 0.0328 e. The van der Waals surface area contributed by atoms with Crippen molar-refractivity contribution < 1.29 is 0 Å². The molecule has 0 radical (unpaired) electrons. The third-order valence-corrected chi connectivity index (χ3v) is 5.27. The van der Waals surface area contributed by atoms with E-state index >= 15 is 0 Å². The Bertz CT molecular complexity index is 331. The molecule has 4 heteroatoms. The number of nitrogens with one attached hydrogen (secondary N) is 1. The molecular formula is C12H19BrN2S. The van der Waals surface area contributed by atoms with Crippen LogP contribution in [0, 0.1) is 12.8 Å². The van der Waals surface area contributed by atoms with E-state index in [9.17, 15) is 0 Å². The summed E-state index contributed by atoms with van der Waals surface area (Å²) >= 11 is 5.50. The molecule has 2 nitrogen and oxygen atoms in total. The number of hydrogen-bond acceptors (Lipinski definition) is 3. The zero-order valence-corrected chi connectivity index (χ0v) is 12.3. The Balaban J connectivity index is 1.87. The largest absolute Gasteiger partial charge is 0.319 e. The minimum atomic E-state index is 0.842. The van der Waals surface area contributed by atoms with Gasteiger partial charge in [-0.05, 0) is 61.4 Å². The van der Waals surface area contributed by atoms with Gasteiger partial charge in [0.2, 0.25) is 0 Å². The average Bonchev–Trinajstić information content (AvgIpc) is 2.77. The fraction of sp³-hybridized carbons (Fsp3) is 0.667. The van der Waals surface area contributed by atoms with Gasteiger partial charge < -0.3 is 5.32 Å². The number of aryl methyl sites for hydroxylation is 1. The SMILES string of the molecule is CNCC1CCN(Cc2cc(Br)c(C)s2)C1. The predicted octanol–water partition coefficient (Wildman–Crippen LogP) is 2.86. The first-order chi connectivity index (χ1) is 7.69. The highest BCUT2D eigenvalue weighted by atomic mass is 79.9. The van der Waals surface area contributed by atoms with Crippen molar-refractivity contribution in [3.63, 3.8) is 0 Å². The van der Waals surface area contributed by atoms with Crippen LogP contribution in [0.25, 0.3) is 0 Å². The third kappa shape index (κ3) is 3.06. The van der Waals surface area contributed by atoms with Crippen LogP contribution >= 0.6 is 27.3 Å². The van der Waals surface area contributed by atoms with Crippen LogP contribution in [0.2, 0.25) is 0 Å². The van der Waals surface area contributed by atoms with Crippen molar-refractivity contribution in [2.45, 2.75) is 19.9 Å². The van der Waals surface area contributed by atoms with Gasteiger partial charge in [0.15, 0.2) is 0 Å². The van der Waals surface area contributed by atoms with Crippen LogP contribution in [-0.4, -0.2) is 31.6 Å². The summed E-state index contributed by atoms with van der Waals surface area (Å²) in [5.74, 6) is 0.842. The van der Waals surface area contributed by atoms with E-state index in [1.165, 1.54) is 33.7 Å². The summed E-state index contributed by atoms with van der Waals surface area (Å²) < 4.78 is 1.26. The molecule has 1 N–H and O–H groups in total. The highest BCUT2D eigenvalue weighted by Crippen LogP contribution is 2.28. The lowest BCUT2D eigenvalue weighted by Crippen LogP contribution is -2.24. The molecule has 1 fully saturated rings. The van der Waals surface area contributed by atoms with Crippen molar-refractivity contribution in [3.8, 4) is 0 Å². The summed E-state index contributed by atoms with van der Waals surface area (Å²) in [7, 11) is 2.04. The van der Waals surface area contributed by atoms with Crippen molar-refractivity contribution in [1.82, 2.24) is 10.2 Å². The highest BCUT2D eigenvalue weighted by molar-refractivity contribution is 9.10. The van der Waals surface area contributed by atoms with Crippen molar-refractivity contribution in [2.75, 3.05) is 26.7 Å². The summed E-state index contributed by atoms with van der Waals surface area (Å²) in [6.07, 6.45) is 1.34. The molecule has 0 saturated carbocycles. The summed E-state index contributed by atoms with van der Waals surface area (Å²) in [5.41, 5.74) is 0. The predicted molar refractivity (Wildman–Crippen MR) is 74.1 cm³/mol. The molecule has 1 aromatic rings. The van der Waals surface area contributed by atoms with E-state index in [0.29, 0.717) is 0 Å². The van der Waals surface area contributed by atoms with Gasteiger partial charge in [-0.15, -0.1) is 11.3 Å². The van der Waals surface area contributed by atoms with Gasteiger partial charge in [0.05, 0.1) is 0 Å². The Kier molecular flexibility index (Phi) is 4.41. The average molecular weight is 303 g/mol. The second-order valence-corrected chi connectivity index (χ2v) is 6.76. The van der Waals surface area contributed by atoms with Crippen molar-refractivity contribution in [1.29, 1.82) is 0 Å². The van der Waals surface area contributed by atoms with Crippen molar-refractivity contribution in [3.05, 3.63) is 20.3 Å². The number of nitrogens with zero attached hydrogens (tertiary/aromatic N) is 1. The van der Waals surface area contributed by atoms with Crippen LogP contribution in [-0.2, 0) is 6.54 Å². The number of halogens is 1. The molecule has 0 bridgehead atoms. The first-order valence-corrected chi connectivity index (χ1v) is 7.41. The normalized spacial score (nSPS) is 21.8. The Morgan fingerprint density at radius 3 is 3.06 bits per heavy atom. The maximum absolute atomic E-state index is 3.58. The molecule has 0 spiro atoms. The number of hydrogen-bond donors (Lipinski definition) is 1. The molecule has 0 amide bonds. The molecule has 1 atom stereocenters. The zero-order valence-electron chi connectivity index (χ0n) is 9.92. The van der Waals surface area contributed by atoms with E-state index in [-0.39, 0.29) is 0 Å². The zero-order chi connectivity index (χ0) is 11.5. The lowest BCUT2D eigenvalue weighted by atomic mass is 10.1. The molecule has 0 aromatic carbocycles. The molecule has 1 aliphatic heterocycles. The molecule has 90 valence electrons. The summed E-state index contributed by atoms with van der Waals surface area (Å²) in [5, 5.41) is 3.28. The van der Waals surface area contributed by atoms with Crippen LogP contribution in [0.15, 0.2) is 10.5 Å². The first-order valence-electron chi connectivity index (χ1n) is 5.81. The number of rotatable bonds is 4. The highest BCUT2D eigenvalue weighted by Gasteiger charge is 2.22. The molecule has 1 aliphatic rings. The molecule has 1 saturated heterocycles. The standard InChI is InChI=1S/C12H19BrN2S/c1-9-12(13)5-11(16-9)8-15-4-3-10(7-15)6-14-2/h5,10,14H,3-4,6-8H2,1-2H3. The number of likely N-dealkylation sites (tertiary alicyclic amines) is 1.